The largest absolute Gasteiger partial charge is 0.383 e. The van der Waals surface area contributed by atoms with Crippen LogP contribution in [0.2, 0.25) is 0 Å². The summed E-state index contributed by atoms with van der Waals surface area (Å²) in [7, 11) is 1.93. The van der Waals surface area contributed by atoms with Crippen LogP contribution >= 0.6 is 11.8 Å². The molecule has 19 heavy (non-hydrogen) atoms. The average Bonchev–Trinajstić information content (AvgIpc) is 2.64. The third-order valence-electron chi connectivity index (χ3n) is 2.82. The van der Waals surface area contributed by atoms with E-state index in [0.717, 1.165) is 40.0 Å². The molecule has 2 N–H and O–H groups in total. The van der Waals surface area contributed by atoms with Gasteiger partial charge in [-0.05, 0) is 38.1 Å². The number of anilines is 1. The van der Waals surface area contributed by atoms with E-state index >= 15 is 0 Å². The predicted molar refractivity (Wildman–Crippen MR) is 77.2 cm³/mol. The maximum atomic E-state index is 5.96. The van der Waals surface area contributed by atoms with Crippen LogP contribution in [-0.2, 0) is 13.5 Å². The highest BCUT2D eigenvalue weighted by Gasteiger charge is 2.12. The minimum absolute atomic E-state index is 0.569. The lowest BCUT2D eigenvalue weighted by atomic mass is 10.3. The third-order valence-corrected chi connectivity index (χ3v) is 4.00. The summed E-state index contributed by atoms with van der Waals surface area (Å²) < 4.78 is 1.86. The Kier molecular flexibility index (Phi) is 4.09. The van der Waals surface area contributed by atoms with E-state index in [2.05, 4.69) is 22.0 Å². The zero-order valence-electron chi connectivity index (χ0n) is 11.8. The van der Waals surface area contributed by atoms with Gasteiger partial charge >= 0.3 is 0 Å². The van der Waals surface area contributed by atoms with Gasteiger partial charge in [0.15, 0.2) is 0 Å². The summed E-state index contributed by atoms with van der Waals surface area (Å²) in [6.45, 7) is 6.04. The molecule has 0 aliphatic rings. The number of aromatic nitrogens is 4. The standard InChI is InChI=1S/C13H19N5S/c1-5-6-10-15-12(14)9(3)13(16-10)19-11-7-8(2)17-18(11)4/h7H,5-6H2,1-4H3,(H2,14,15,16). The van der Waals surface area contributed by atoms with Crippen LogP contribution in [0.4, 0.5) is 5.82 Å². The summed E-state index contributed by atoms with van der Waals surface area (Å²) in [5.41, 5.74) is 7.89. The summed E-state index contributed by atoms with van der Waals surface area (Å²) in [5.74, 6) is 1.38. The van der Waals surface area contributed by atoms with Crippen molar-refractivity contribution in [2.24, 2.45) is 7.05 Å². The Labute approximate surface area is 117 Å². The van der Waals surface area contributed by atoms with Gasteiger partial charge in [0.1, 0.15) is 21.7 Å². The van der Waals surface area contributed by atoms with Crippen LogP contribution in [0.15, 0.2) is 16.1 Å². The average molecular weight is 277 g/mol. The second kappa shape index (κ2) is 5.61. The molecular formula is C13H19N5S. The lowest BCUT2D eigenvalue weighted by molar-refractivity contribution is 0.691. The first kappa shape index (κ1) is 13.9. The number of hydrogen-bond acceptors (Lipinski definition) is 5. The van der Waals surface area contributed by atoms with Crippen LogP contribution in [0.1, 0.15) is 30.4 Å². The van der Waals surface area contributed by atoms with Crippen molar-refractivity contribution in [3.63, 3.8) is 0 Å². The predicted octanol–water partition coefficient (Wildman–Crippen LogP) is 2.51. The molecule has 2 aromatic heterocycles. The molecule has 2 rings (SSSR count). The fourth-order valence-electron chi connectivity index (χ4n) is 1.77. The topological polar surface area (TPSA) is 69.6 Å². The normalized spacial score (nSPS) is 10.9. The van der Waals surface area contributed by atoms with E-state index in [-0.39, 0.29) is 0 Å². The number of nitrogen functional groups attached to an aromatic ring is 1. The molecule has 0 spiro atoms. The van der Waals surface area contributed by atoms with E-state index in [1.807, 2.05) is 31.6 Å². The van der Waals surface area contributed by atoms with Gasteiger partial charge in [-0.1, -0.05) is 6.92 Å². The second-order valence-corrected chi connectivity index (χ2v) is 5.56. The highest BCUT2D eigenvalue weighted by molar-refractivity contribution is 7.99. The Morgan fingerprint density at radius 3 is 2.63 bits per heavy atom. The Hall–Kier alpha value is -1.56. The van der Waals surface area contributed by atoms with Crippen molar-refractivity contribution in [3.8, 4) is 0 Å². The number of rotatable bonds is 4. The van der Waals surface area contributed by atoms with Crippen molar-refractivity contribution >= 4 is 17.6 Å². The fourth-order valence-corrected chi connectivity index (χ4v) is 2.78. The van der Waals surface area contributed by atoms with E-state index in [0.29, 0.717) is 5.82 Å². The maximum absolute atomic E-state index is 5.96. The molecule has 0 atom stereocenters. The van der Waals surface area contributed by atoms with Crippen molar-refractivity contribution in [2.45, 2.75) is 43.7 Å². The Bertz CT molecular complexity index is 591. The van der Waals surface area contributed by atoms with E-state index < -0.39 is 0 Å². The fraction of sp³-hybridized carbons (Fsp3) is 0.462. The van der Waals surface area contributed by atoms with Crippen LogP contribution < -0.4 is 5.73 Å². The van der Waals surface area contributed by atoms with Crippen molar-refractivity contribution in [2.75, 3.05) is 5.73 Å². The zero-order chi connectivity index (χ0) is 14.0. The molecule has 0 radical (unpaired) electrons. The summed E-state index contributed by atoms with van der Waals surface area (Å²) in [6.07, 6.45) is 1.86. The first-order valence-corrected chi connectivity index (χ1v) is 7.14. The molecule has 0 aromatic carbocycles. The van der Waals surface area contributed by atoms with Gasteiger partial charge < -0.3 is 5.73 Å². The molecule has 102 valence electrons. The van der Waals surface area contributed by atoms with Crippen molar-refractivity contribution in [1.29, 1.82) is 0 Å². The molecule has 0 saturated heterocycles. The molecule has 6 heteroatoms. The summed E-state index contributed by atoms with van der Waals surface area (Å²) in [4.78, 5) is 8.92. The lowest BCUT2D eigenvalue weighted by Gasteiger charge is -2.09. The molecule has 0 amide bonds. The van der Waals surface area contributed by atoms with Crippen LogP contribution in [0, 0.1) is 13.8 Å². The highest BCUT2D eigenvalue weighted by Crippen LogP contribution is 2.30. The molecule has 0 fully saturated rings. The first-order chi connectivity index (χ1) is 9.01. The minimum atomic E-state index is 0.569. The second-order valence-electron chi connectivity index (χ2n) is 4.55. The highest BCUT2D eigenvalue weighted by atomic mass is 32.2. The van der Waals surface area contributed by atoms with Gasteiger partial charge in [0, 0.05) is 19.0 Å². The molecule has 0 aliphatic heterocycles. The van der Waals surface area contributed by atoms with Crippen molar-refractivity contribution in [1.82, 2.24) is 19.7 Å². The lowest BCUT2D eigenvalue weighted by Crippen LogP contribution is -2.04. The molecule has 0 aliphatic carbocycles. The third kappa shape index (κ3) is 3.07. The van der Waals surface area contributed by atoms with Crippen molar-refractivity contribution < 1.29 is 0 Å². The maximum Gasteiger partial charge on any atom is 0.132 e. The molecule has 2 heterocycles. The quantitative estimate of drug-likeness (QED) is 0.870. The van der Waals surface area contributed by atoms with Crippen LogP contribution in [0.25, 0.3) is 0 Å². The molecule has 0 unspecified atom stereocenters. The molecular weight excluding hydrogens is 258 g/mol. The summed E-state index contributed by atoms with van der Waals surface area (Å²) in [5, 5.41) is 6.31. The summed E-state index contributed by atoms with van der Waals surface area (Å²) in [6, 6.07) is 2.04. The van der Waals surface area contributed by atoms with Gasteiger partial charge in [0.2, 0.25) is 0 Å². The SMILES string of the molecule is CCCc1nc(N)c(C)c(Sc2cc(C)nn2C)n1. The van der Waals surface area contributed by atoms with Gasteiger partial charge in [-0.25, -0.2) is 9.97 Å². The monoisotopic (exact) mass is 277 g/mol. The Morgan fingerprint density at radius 2 is 2.05 bits per heavy atom. The Balaban J connectivity index is 2.36. The van der Waals surface area contributed by atoms with E-state index in [1.165, 1.54) is 0 Å². The number of aryl methyl sites for hydroxylation is 3. The van der Waals surface area contributed by atoms with E-state index in [1.54, 1.807) is 11.8 Å². The van der Waals surface area contributed by atoms with Gasteiger partial charge in [-0.3, -0.25) is 4.68 Å². The number of nitrogens with two attached hydrogens (primary N) is 1. The smallest absolute Gasteiger partial charge is 0.132 e. The first-order valence-electron chi connectivity index (χ1n) is 6.32. The van der Waals surface area contributed by atoms with Gasteiger partial charge in [-0.15, -0.1) is 0 Å². The van der Waals surface area contributed by atoms with Gasteiger partial charge in [-0.2, -0.15) is 5.10 Å². The number of hydrogen-bond donors (Lipinski definition) is 1. The zero-order valence-corrected chi connectivity index (χ0v) is 12.6. The molecule has 5 nitrogen and oxygen atoms in total. The van der Waals surface area contributed by atoms with Gasteiger partial charge in [0.05, 0.1) is 5.69 Å². The van der Waals surface area contributed by atoms with E-state index in [4.69, 9.17) is 5.73 Å². The number of nitrogens with zero attached hydrogens (tertiary/aromatic N) is 4. The minimum Gasteiger partial charge on any atom is -0.383 e. The Morgan fingerprint density at radius 1 is 1.32 bits per heavy atom. The molecule has 0 saturated carbocycles. The van der Waals surface area contributed by atoms with Crippen LogP contribution in [0.3, 0.4) is 0 Å². The van der Waals surface area contributed by atoms with Gasteiger partial charge in [0.25, 0.3) is 0 Å². The van der Waals surface area contributed by atoms with Crippen LogP contribution in [0.5, 0.6) is 0 Å². The molecule has 0 bridgehead atoms. The molecule has 2 aromatic rings. The summed E-state index contributed by atoms with van der Waals surface area (Å²) >= 11 is 1.59. The van der Waals surface area contributed by atoms with Crippen molar-refractivity contribution in [3.05, 3.63) is 23.1 Å². The van der Waals surface area contributed by atoms with Crippen LogP contribution in [-0.4, -0.2) is 19.7 Å². The van der Waals surface area contributed by atoms with E-state index in [9.17, 15) is 0 Å².